The minimum atomic E-state index is -0.970. The van der Waals surface area contributed by atoms with Crippen LogP contribution < -0.4 is 10.6 Å². The van der Waals surface area contributed by atoms with Gasteiger partial charge in [-0.25, -0.2) is 0 Å². The van der Waals surface area contributed by atoms with E-state index in [-0.39, 0.29) is 43.9 Å². The van der Waals surface area contributed by atoms with E-state index in [0.29, 0.717) is 22.0 Å². The Labute approximate surface area is 261 Å². The highest BCUT2D eigenvalue weighted by Crippen LogP contribution is 2.25. The first-order chi connectivity index (χ1) is 21.3. The molecule has 4 aromatic rings. The largest absolute Gasteiger partial charge is 0.342 e. The second-order valence-electron chi connectivity index (χ2n) is 10.8. The highest BCUT2D eigenvalue weighted by atomic mass is 35.5. The van der Waals surface area contributed by atoms with E-state index in [0.717, 1.165) is 16.7 Å². The van der Waals surface area contributed by atoms with Crippen LogP contribution in [0.3, 0.4) is 0 Å². The lowest BCUT2D eigenvalue weighted by atomic mass is 9.92. The number of pyridine rings is 1. The van der Waals surface area contributed by atoms with Gasteiger partial charge in [0.2, 0.25) is 17.7 Å². The van der Waals surface area contributed by atoms with Crippen molar-refractivity contribution >= 4 is 40.8 Å². The summed E-state index contributed by atoms with van der Waals surface area (Å²) in [5, 5.41) is 6.37. The van der Waals surface area contributed by atoms with Crippen LogP contribution in [0.15, 0.2) is 97.2 Å². The summed E-state index contributed by atoms with van der Waals surface area (Å²) in [6, 6.07) is 25.2. The maximum atomic E-state index is 13.9. The predicted octanol–water partition coefficient (Wildman–Crippen LogP) is 5.33. The summed E-state index contributed by atoms with van der Waals surface area (Å²) in [6.07, 6.45) is 2.06. The zero-order valence-electron chi connectivity index (χ0n) is 24.3. The minimum Gasteiger partial charge on any atom is -0.342 e. The molecule has 0 saturated carbocycles. The lowest BCUT2D eigenvalue weighted by Gasteiger charge is -2.36. The fourth-order valence-electron chi connectivity index (χ4n) is 5.31. The van der Waals surface area contributed by atoms with E-state index in [1.807, 2.05) is 43.3 Å². The van der Waals surface area contributed by atoms with E-state index >= 15 is 0 Å². The number of carbonyl (C=O) groups excluding carboxylic acids is 4. The number of nitrogens with zero attached hydrogens (tertiary/aromatic N) is 2. The third kappa shape index (κ3) is 7.57. The van der Waals surface area contributed by atoms with Crippen LogP contribution >= 0.6 is 11.6 Å². The van der Waals surface area contributed by atoms with Crippen LogP contribution in [0.5, 0.6) is 0 Å². The number of aryl methyl sites for hydroxylation is 1. The van der Waals surface area contributed by atoms with E-state index in [9.17, 15) is 19.2 Å². The monoisotopic (exact) mass is 608 g/mol. The van der Waals surface area contributed by atoms with Gasteiger partial charge in [-0.05, 0) is 53.9 Å². The quantitative estimate of drug-likeness (QED) is 0.237. The molecule has 3 amide bonds. The van der Waals surface area contributed by atoms with Crippen LogP contribution in [0, 0.1) is 6.92 Å². The molecule has 2 N–H and O–H groups in total. The van der Waals surface area contributed by atoms with Crippen molar-refractivity contribution in [1.29, 1.82) is 0 Å². The summed E-state index contributed by atoms with van der Waals surface area (Å²) >= 11 is 6.16. The van der Waals surface area contributed by atoms with Crippen molar-refractivity contribution in [3.05, 3.63) is 130 Å². The lowest BCUT2D eigenvalue weighted by Crippen LogP contribution is -2.56. The maximum Gasteiger partial charge on any atom is 0.247 e. The van der Waals surface area contributed by atoms with Gasteiger partial charge in [0.15, 0.2) is 5.78 Å². The SMILES string of the molecule is Cc1cc(NC(=O)[C@H](Cc2ccccn2)NC(=O)[C@@H]2Cc3ccccc3CN2C(=O)CCC(=O)c2ccccc2)ccc1Cl. The van der Waals surface area contributed by atoms with Crippen molar-refractivity contribution in [2.45, 2.75) is 51.2 Å². The Bertz CT molecular complexity index is 1660. The molecule has 1 aromatic heterocycles. The number of ketones is 1. The number of halogens is 1. The smallest absolute Gasteiger partial charge is 0.247 e. The topological polar surface area (TPSA) is 108 Å². The van der Waals surface area contributed by atoms with Gasteiger partial charge in [0.25, 0.3) is 0 Å². The van der Waals surface area contributed by atoms with Crippen molar-refractivity contribution in [1.82, 2.24) is 15.2 Å². The molecule has 1 aliphatic heterocycles. The Balaban J connectivity index is 1.36. The molecular weight excluding hydrogens is 576 g/mol. The first-order valence-electron chi connectivity index (χ1n) is 14.5. The predicted molar refractivity (Wildman–Crippen MR) is 169 cm³/mol. The van der Waals surface area contributed by atoms with Crippen molar-refractivity contribution in [3.63, 3.8) is 0 Å². The fraction of sp³-hybridized carbons (Fsp3) is 0.229. The van der Waals surface area contributed by atoms with E-state index in [4.69, 9.17) is 11.6 Å². The number of carbonyl (C=O) groups is 4. The van der Waals surface area contributed by atoms with Crippen LogP contribution in [0.2, 0.25) is 5.02 Å². The average molecular weight is 609 g/mol. The van der Waals surface area contributed by atoms with Gasteiger partial charge in [-0.2, -0.15) is 0 Å². The number of amides is 3. The molecule has 224 valence electrons. The van der Waals surface area contributed by atoms with Crippen molar-refractivity contribution < 1.29 is 19.2 Å². The Morgan fingerprint density at radius 1 is 0.909 bits per heavy atom. The number of Topliss-reactive ketones (excluding diaryl/α,β-unsaturated/α-hetero) is 1. The molecule has 44 heavy (non-hydrogen) atoms. The molecule has 0 fully saturated rings. The van der Waals surface area contributed by atoms with Gasteiger partial charge in [-0.15, -0.1) is 0 Å². The first kappa shape index (κ1) is 30.6. The van der Waals surface area contributed by atoms with Gasteiger partial charge in [-0.3, -0.25) is 24.2 Å². The van der Waals surface area contributed by atoms with Crippen LogP contribution in [0.25, 0.3) is 0 Å². The summed E-state index contributed by atoms with van der Waals surface area (Å²) in [6.45, 7) is 2.07. The number of benzene rings is 3. The van der Waals surface area contributed by atoms with Gasteiger partial charge in [0.1, 0.15) is 12.1 Å². The Morgan fingerprint density at radius 3 is 2.36 bits per heavy atom. The van der Waals surface area contributed by atoms with Crippen molar-refractivity contribution in [2.75, 3.05) is 5.32 Å². The summed E-state index contributed by atoms with van der Waals surface area (Å²) in [5.41, 5.74) is 4.42. The molecule has 0 radical (unpaired) electrons. The molecule has 2 atom stereocenters. The number of nitrogens with one attached hydrogen (secondary N) is 2. The van der Waals surface area contributed by atoms with Gasteiger partial charge in [-0.1, -0.05) is 72.3 Å². The number of hydrogen-bond donors (Lipinski definition) is 2. The summed E-state index contributed by atoms with van der Waals surface area (Å²) in [4.78, 5) is 59.7. The van der Waals surface area contributed by atoms with Gasteiger partial charge in [0.05, 0.1) is 0 Å². The molecule has 0 spiro atoms. The number of anilines is 1. The molecule has 1 aliphatic rings. The molecule has 0 unspecified atom stereocenters. The Hall–Kier alpha value is -4.82. The van der Waals surface area contributed by atoms with Crippen molar-refractivity contribution in [2.24, 2.45) is 0 Å². The number of aromatic nitrogens is 1. The van der Waals surface area contributed by atoms with Gasteiger partial charge in [0, 0.05) is 60.4 Å². The first-order valence-corrected chi connectivity index (χ1v) is 14.9. The molecule has 0 bridgehead atoms. The van der Waals surface area contributed by atoms with E-state index in [2.05, 4.69) is 15.6 Å². The normalized spacial score (nSPS) is 14.7. The molecule has 3 aromatic carbocycles. The third-order valence-corrected chi connectivity index (χ3v) is 8.16. The van der Waals surface area contributed by atoms with Gasteiger partial charge < -0.3 is 15.5 Å². The molecule has 0 saturated heterocycles. The van der Waals surface area contributed by atoms with Crippen LogP contribution in [0.4, 0.5) is 5.69 Å². The molecule has 8 nitrogen and oxygen atoms in total. The average Bonchev–Trinajstić information content (AvgIpc) is 3.05. The molecule has 2 heterocycles. The van der Waals surface area contributed by atoms with E-state index < -0.39 is 23.9 Å². The third-order valence-electron chi connectivity index (χ3n) is 7.73. The van der Waals surface area contributed by atoms with Crippen LogP contribution in [-0.2, 0) is 33.8 Å². The second-order valence-corrected chi connectivity index (χ2v) is 11.2. The summed E-state index contributed by atoms with van der Waals surface area (Å²) < 4.78 is 0. The van der Waals surface area contributed by atoms with Crippen molar-refractivity contribution in [3.8, 4) is 0 Å². The fourth-order valence-corrected chi connectivity index (χ4v) is 5.43. The lowest BCUT2D eigenvalue weighted by molar-refractivity contribution is -0.142. The highest BCUT2D eigenvalue weighted by molar-refractivity contribution is 6.31. The van der Waals surface area contributed by atoms with Crippen LogP contribution in [0.1, 0.15) is 45.6 Å². The molecular formula is C35H33ClN4O4. The van der Waals surface area contributed by atoms with Gasteiger partial charge >= 0.3 is 0 Å². The molecule has 5 rings (SSSR count). The summed E-state index contributed by atoms with van der Waals surface area (Å²) in [5.74, 6) is -1.31. The highest BCUT2D eigenvalue weighted by Gasteiger charge is 2.36. The van der Waals surface area contributed by atoms with E-state index in [1.165, 1.54) is 4.90 Å². The van der Waals surface area contributed by atoms with Crippen LogP contribution in [-0.4, -0.2) is 45.5 Å². The molecule has 9 heteroatoms. The zero-order chi connectivity index (χ0) is 31.1. The summed E-state index contributed by atoms with van der Waals surface area (Å²) in [7, 11) is 0. The second kappa shape index (κ2) is 14.1. The number of fused-ring (bicyclic) bond motifs is 1. The maximum absolute atomic E-state index is 13.9. The zero-order valence-corrected chi connectivity index (χ0v) is 25.1. The molecule has 0 aliphatic carbocycles. The Kier molecular flexibility index (Phi) is 9.82. The van der Waals surface area contributed by atoms with E-state index in [1.54, 1.807) is 60.8 Å². The Morgan fingerprint density at radius 2 is 1.64 bits per heavy atom. The number of rotatable bonds is 10. The standard InChI is InChI=1S/C35H33ClN4O4/c1-23-19-28(14-15-29(23)36)38-34(43)30(21-27-13-7-8-18-37-27)39-35(44)31-20-25-11-5-6-12-26(25)22-40(31)33(42)17-16-32(41)24-9-3-2-4-10-24/h2-15,18-19,30-31H,16-17,20-22H2,1H3,(H,38,43)(H,39,44)/t30-,31-/m0/s1. The number of hydrogen-bond acceptors (Lipinski definition) is 5. The minimum absolute atomic E-state index is 0.0283.